The van der Waals surface area contributed by atoms with E-state index in [4.69, 9.17) is 0 Å². The summed E-state index contributed by atoms with van der Waals surface area (Å²) >= 11 is 0. The quantitative estimate of drug-likeness (QED) is 0.795. The molecule has 7 heteroatoms. The van der Waals surface area contributed by atoms with Crippen LogP contribution in [-0.4, -0.2) is 47.5 Å². The van der Waals surface area contributed by atoms with Gasteiger partial charge in [0, 0.05) is 37.9 Å². The molecule has 126 valence electrons. The first-order valence-electron chi connectivity index (χ1n) is 8.58. The highest BCUT2D eigenvalue weighted by Gasteiger charge is 2.30. The van der Waals surface area contributed by atoms with E-state index in [9.17, 15) is 14.4 Å². The third kappa shape index (κ3) is 3.89. The van der Waals surface area contributed by atoms with Crippen LogP contribution in [0.15, 0.2) is 5.10 Å². The molecule has 0 bridgehead atoms. The Labute approximate surface area is 135 Å². The van der Waals surface area contributed by atoms with Crippen LogP contribution in [0.1, 0.15) is 51.4 Å². The molecule has 23 heavy (non-hydrogen) atoms. The van der Waals surface area contributed by atoms with Crippen LogP contribution in [0.4, 0.5) is 0 Å². The number of hydrazone groups is 1. The summed E-state index contributed by atoms with van der Waals surface area (Å²) in [6.45, 7) is 1.25. The zero-order chi connectivity index (χ0) is 16.2. The van der Waals surface area contributed by atoms with Crippen LogP contribution >= 0.6 is 0 Å². The van der Waals surface area contributed by atoms with E-state index in [2.05, 4.69) is 15.8 Å². The lowest BCUT2D eigenvalue weighted by Gasteiger charge is -2.33. The maximum Gasteiger partial charge on any atom is 0.270 e. The molecule has 1 saturated heterocycles. The number of nitrogens with one attached hydrogen (secondary N) is 2. The van der Waals surface area contributed by atoms with Gasteiger partial charge in [0.2, 0.25) is 11.8 Å². The molecular formula is C16H24N4O3. The van der Waals surface area contributed by atoms with Crippen molar-refractivity contribution in [3.05, 3.63) is 0 Å². The van der Waals surface area contributed by atoms with E-state index < -0.39 is 0 Å². The van der Waals surface area contributed by atoms with Crippen molar-refractivity contribution in [2.24, 2.45) is 11.0 Å². The van der Waals surface area contributed by atoms with Gasteiger partial charge in [-0.05, 0) is 25.7 Å². The zero-order valence-electron chi connectivity index (χ0n) is 13.3. The first-order valence-corrected chi connectivity index (χ1v) is 8.58. The molecule has 0 spiro atoms. The van der Waals surface area contributed by atoms with Gasteiger partial charge >= 0.3 is 0 Å². The summed E-state index contributed by atoms with van der Waals surface area (Å²) in [7, 11) is 0. The van der Waals surface area contributed by atoms with Crippen LogP contribution in [0.2, 0.25) is 0 Å². The standard InChI is InChI=1S/C16H24N4O3/c21-14-6-5-13(18-19-14)16(23)20-9-7-12(8-10-20)17-15(22)11-3-1-2-4-11/h11-12H,1-10H2,(H,17,22)(H,19,21). The fourth-order valence-electron chi connectivity index (χ4n) is 3.54. The van der Waals surface area contributed by atoms with Crippen molar-refractivity contribution in [3.8, 4) is 0 Å². The maximum atomic E-state index is 12.4. The van der Waals surface area contributed by atoms with Gasteiger partial charge in [-0.3, -0.25) is 14.4 Å². The fraction of sp³-hybridized carbons (Fsp3) is 0.750. The highest BCUT2D eigenvalue weighted by molar-refractivity contribution is 6.39. The van der Waals surface area contributed by atoms with Crippen LogP contribution in [0.25, 0.3) is 0 Å². The molecule has 2 N–H and O–H groups in total. The molecule has 3 aliphatic rings. The molecule has 0 unspecified atom stereocenters. The Morgan fingerprint density at radius 1 is 1.09 bits per heavy atom. The number of carbonyl (C=O) groups excluding carboxylic acids is 3. The fourth-order valence-corrected chi connectivity index (χ4v) is 3.54. The van der Waals surface area contributed by atoms with Crippen molar-refractivity contribution in [3.63, 3.8) is 0 Å². The average molecular weight is 320 g/mol. The Balaban J connectivity index is 1.45. The molecular weight excluding hydrogens is 296 g/mol. The lowest BCUT2D eigenvalue weighted by molar-refractivity contribution is -0.127. The Morgan fingerprint density at radius 3 is 2.39 bits per heavy atom. The van der Waals surface area contributed by atoms with Crippen molar-refractivity contribution in [1.29, 1.82) is 0 Å². The number of rotatable bonds is 3. The minimum absolute atomic E-state index is 0.0921. The maximum absolute atomic E-state index is 12.4. The summed E-state index contributed by atoms with van der Waals surface area (Å²) in [5.74, 6) is 0.141. The van der Waals surface area contributed by atoms with E-state index >= 15 is 0 Å². The van der Waals surface area contributed by atoms with Crippen LogP contribution in [0.3, 0.4) is 0 Å². The minimum atomic E-state index is -0.144. The number of carbonyl (C=O) groups is 3. The molecule has 3 rings (SSSR count). The van der Waals surface area contributed by atoms with E-state index in [0.29, 0.717) is 31.6 Å². The van der Waals surface area contributed by atoms with E-state index in [1.807, 2.05) is 0 Å². The van der Waals surface area contributed by atoms with Gasteiger partial charge in [-0.25, -0.2) is 5.43 Å². The molecule has 0 atom stereocenters. The smallest absolute Gasteiger partial charge is 0.270 e. The van der Waals surface area contributed by atoms with Gasteiger partial charge < -0.3 is 10.2 Å². The predicted molar refractivity (Wildman–Crippen MR) is 84.5 cm³/mol. The number of likely N-dealkylation sites (tertiary alicyclic amines) is 1. The van der Waals surface area contributed by atoms with Crippen LogP contribution in [0.5, 0.6) is 0 Å². The summed E-state index contributed by atoms with van der Waals surface area (Å²) in [5, 5.41) is 7.00. The van der Waals surface area contributed by atoms with Gasteiger partial charge in [0.1, 0.15) is 5.71 Å². The number of piperidine rings is 1. The molecule has 0 radical (unpaired) electrons. The molecule has 2 heterocycles. The van der Waals surface area contributed by atoms with Crippen LogP contribution < -0.4 is 10.7 Å². The predicted octanol–water partition coefficient (Wildman–Crippen LogP) is 0.550. The van der Waals surface area contributed by atoms with Gasteiger partial charge in [0.15, 0.2) is 0 Å². The number of amides is 3. The summed E-state index contributed by atoms with van der Waals surface area (Å²) < 4.78 is 0. The molecule has 0 aromatic heterocycles. The van der Waals surface area contributed by atoms with Crippen molar-refractivity contribution in [2.45, 2.75) is 57.4 Å². The van der Waals surface area contributed by atoms with Gasteiger partial charge in [-0.1, -0.05) is 12.8 Å². The zero-order valence-corrected chi connectivity index (χ0v) is 13.3. The Bertz CT molecular complexity index is 517. The van der Waals surface area contributed by atoms with Crippen molar-refractivity contribution in [2.75, 3.05) is 13.1 Å². The van der Waals surface area contributed by atoms with E-state index in [-0.39, 0.29) is 29.7 Å². The minimum Gasteiger partial charge on any atom is -0.353 e. The molecule has 3 amide bonds. The molecule has 0 aromatic carbocycles. The SMILES string of the molecule is O=C1CCC(C(=O)N2CCC(NC(=O)C3CCCC3)CC2)=NN1. The molecule has 2 aliphatic heterocycles. The molecule has 0 aromatic rings. The summed E-state index contributed by atoms with van der Waals surface area (Å²) in [6.07, 6.45) is 6.62. The normalized spacial score (nSPS) is 23.4. The molecule has 1 saturated carbocycles. The average Bonchev–Trinajstić information content (AvgIpc) is 3.10. The van der Waals surface area contributed by atoms with Crippen molar-refractivity contribution >= 4 is 23.4 Å². The highest BCUT2D eigenvalue weighted by Crippen LogP contribution is 2.25. The second kappa shape index (κ2) is 7.10. The third-order valence-corrected chi connectivity index (χ3v) is 5.01. The summed E-state index contributed by atoms with van der Waals surface area (Å²) in [6, 6.07) is 0.167. The summed E-state index contributed by atoms with van der Waals surface area (Å²) in [5.41, 5.74) is 2.79. The third-order valence-electron chi connectivity index (χ3n) is 5.01. The summed E-state index contributed by atoms with van der Waals surface area (Å²) in [4.78, 5) is 37.4. The van der Waals surface area contributed by atoms with Gasteiger partial charge in [-0.2, -0.15) is 5.10 Å². The second-order valence-electron chi connectivity index (χ2n) is 6.65. The number of hydrogen-bond donors (Lipinski definition) is 2. The first-order chi connectivity index (χ1) is 11.1. The highest BCUT2D eigenvalue weighted by atomic mass is 16.2. The van der Waals surface area contributed by atoms with E-state index in [0.717, 1.165) is 38.5 Å². The van der Waals surface area contributed by atoms with Crippen LogP contribution in [0, 0.1) is 5.92 Å². The molecule has 2 fully saturated rings. The largest absolute Gasteiger partial charge is 0.353 e. The van der Waals surface area contributed by atoms with Gasteiger partial charge in [0.25, 0.3) is 5.91 Å². The monoisotopic (exact) mass is 320 g/mol. The molecule has 1 aliphatic carbocycles. The molecule has 7 nitrogen and oxygen atoms in total. The van der Waals surface area contributed by atoms with Crippen LogP contribution in [-0.2, 0) is 14.4 Å². The Hall–Kier alpha value is -1.92. The topological polar surface area (TPSA) is 90.9 Å². The Morgan fingerprint density at radius 2 is 1.78 bits per heavy atom. The Kier molecular flexibility index (Phi) is 4.93. The van der Waals surface area contributed by atoms with Crippen molar-refractivity contribution < 1.29 is 14.4 Å². The number of hydrogen-bond acceptors (Lipinski definition) is 4. The lowest BCUT2D eigenvalue weighted by Crippen LogP contribution is -2.49. The van der Waals surface area contributed by atoms with E-state index in [1.165, 1.54) is 0 Å². The van der Waals surface area contributed by atoms with Gasteiger partial charge in [-0.15, -0.1) is 0 Å². The lowest BCUT2D eigenvalue weighted by atomic mass is 10.0. The number of nitrogens with zero attached hydrogens (tertiary/aromatic N) is 2. The second-order valence-corrected chi connectivity index (χ2v) is 6.65. The van der Waals surface area contributed by atoms with Gasteiger partial charge in [0.05, 0.1) is 0 Å². The first kappa shape index (κ1) is 16.0. The van der Waals surface area contributed by atoms with Crippen molar-refractivity contribution in [1.82, 2.24) is 15.6 Å². The van der Waals surface area contributed by atoms with E-state index in [1.54, 1.807) is 4.90 Å².